The van der Waals surface area contributed by atoms with Crippen LogP contribution in [0.2, 0.25) is 4.47 Å². The van der Waals surface area contributed by atoms with Gasteiger partial charge in [0.1, 0.15) is 0 Å². The number of nitrogens with zero attached hydrogens (tertiary/aromatic N) is 1. The Morgan fingerprint density at radius 1 is 1.56 bits per heavy atom. The maximum atomic E-state index is 12.1. The van der Waals surface area contributed by atoms with E-state index in [-0.39, 0.29) is 15.1 Å². The molecule has 0 bridgehead atoms. The Hall–Kier alpha value is -0.700. The van der Waals surface area contributed by atoms with Crippen LogP contribution in [0.5, 0.6) is 0 Å². The highest BCUT2D eigenvalue weighted by Gasteiger charge is 2.30. The predicted octanol–water partition coefficient (Wildman–Crippen LogP) is 1.04. The minimum absolute atomic E-state index is 0.0463. The van der Waals surface area contributed by atoms with E-state index < -0.39 is 21.5 Å². The number of sulfonamides is 1. The normalized spacial score (nSPS) is 12.7. The standard InChI is InChI=1S/C9H14ClN3O3S2/c1-5-7(17-8(10)12-5)18(15,16)13-9(2,3)4-6(11)14/h13H,4H2,1-3H3,(H2,11,14). The van der Waals surface area contributed by atoms with E-state index >= 15 is 0 Å². The Morgan fingerprint density at radius 2 is 2.11 bits per heavy atom. The number of carbonyl (C=O) groups is 1. The molecular weight excluding hydrogens is 298 g/mol. The van der Waals surface area contributed by atoms with E-state index in [4.69, 9.17) is 17.3 Å². The third kappa shape index (κ3) is 3.91. The Morgan fingerprint density at radius 3 is 2.50 bits per heavy atom. The van der Waals surface area contributed by atoms with Gasteiger partial charge < -0.3 is 5.73 Å². The zero-order valence-electron chi connectivity index (χ0n) is 10.2. The number of aryl methyl sites for hydroxylation is 1. The van der Waals surface area contributed by atoms with Crippen LogP contribution < -0.4 is 10.5 Å². The molecule has 1 rings (SSSR count). The number of aromatic nitrogens is 1. The zero-order chi connectivity index (χ0) is 14.1. The minimum atomic E-state index is -3.76. The number of halogens is 1. The summed E-state index contributed by atoms with van der Waals surface area (Å²) in [5.74, 6) is -0.582. The summed E-state index contributed by atoms with van der Waals surface area (Å²) < 4.78 is 26.8. The highest BCUT2D eigenvalue weighted by Crippen LogP contribution is 2.27. The average molecular weight is 312 g/mol. The van der Waals surface area contributed by atoms with E-state index in [1.165, 1.54) is 0 Å². The average Bonchev–Trinajstić information content (AvgIpc) is 2.40. The van der Waals surface area contributed by atoms with Crippen molar-refractivity contribution >= 4 is 38.9 Å². The van der Waals surface area contributed by atoms with Crippen LogP contribution in [0.3, 0.4) is 0 Å². The lowest BCUT2D eigenvalue weighted by molar-refractivity contribution is -0.119. The molecule has 0 aliphatic heterocycles. The number of thiazole rings is 1. The number of nitrogens with two attached hydrogens (primary N) is 1. The Labute approximate surface area is 115 Å². The molecule has 0 radical (unpaired) electrons. The molecule has 0 saturated carbocycles. The second-order valence-corrected chi connectivity index (χ2v) is 7.93. The van der Waals surface area contributed by atoms with Gasteiger partial charge >= 0.3 is 0 Å². The molecule has 0 aliphatic rings. The molecule has 1 aromatic heterocycles. The molecule has 102 valence electrons. The number of amides is 1. The molecule has 0 saturated heterocycles. The minimum Gasteiger partial charge on any atom is -0.370 e. The SMILES string of the molecule is Cc1nc(Cl)sc1S(=O)(=O)NC(C)(C)CC(N)=O. The lowest BCUT2D eigenvalue weighted by atomic mass is 10.0. The molecule has 0 fully saturated rings. The number of carbonyl (C=O) groups excluding carboxylic acids is 1. The molecule has 0 aliphatic carbocycles. The number of primary amides is 1. The fourth-order valence-electron chi connectivity index (χ4n) is 1.48. The van der Waals surface area contributed by atoms with Gasteiger partial charge in [-0.25, -0.2) is 18.1 Å². The van der Waals surface area contributed by atoms with Crippen molar-refractivity contribution in [3.05, 3.63) is 10.2 Å². The van der Waals surface area contributed by atoms with E-state index in [9.17, 15) is 13.2 Å². The summed E-state index contributed by atoms with van der Waals surface area (Å²) in [4.78, 5) is 14.7. The molecule has 6 nitrogen and oxygen atoms in total. The van der Waals surface area contributed by atoms with Gasteiger partial charge in [-0.15, -0.1) is 0 Å². The van der Waals surface area contributed by atoms with Gasteiger partial charge in [-0.1, -0.05) is 22.9 Å². The van der Waals surface area contributed by atoms with Gasteiger partial charge in [0.15, 0.2) is 8.68 Å². The van der Waals surface area contributed by atoms with Gasteiger partial charge in [0.2, 0.25) is 5.91 Å². The second-order valence-electron chi connectivity index (χ2n) is 4.47. The van der Waals surface area contributed by atoms with Crippen LogP contribution in [0.1, 0.15) is 26.0 Å². The lowest BCUT2D eigenvalue weighted by Crippen LogP contribution is -2.45. The summed E-state index contributed by atoms with van der Waals surface area (Å²) >= 11 is 6.54. The van der Waals surface area contributed by atoms with Gasteiger partial charge in [0.25, 0.3) is 10.0 Å². The van der Waals surface area contributed by atoms with Crippen molar-refractivity contribution in [2.75, 3.05) is 0 Å². The van der Waals surface area contributed by atoms with Crippen molar-refractivity contribution in [3.8, 4) is 0 Å². The van der Waals surface area contributed by atoms with E-state index in [1.54, 1.807) is 20.8 Å². The van der Waals surface area contributed by atoms with Crippen LogP contribution in [0.4, 0.5) is 0 Å². The van der Waals surface area contributed by atoms with E-state index in [0.29, 0.717) is 5.69 Å². The van der Waals surface area contributed by atoms with Crippen molar-refractivity contribution in [1.82, 2.24) is 9.71 Å². The van der Waals surface area contributed by atoms with Crippen LogP contribution in [0.15, 0.2) is 4.21 Å². The van der Waals surface area contributed by atoms with Crippen LogP contribution >= 0.6 is 22.9 Å². The molecule has 18 heavy (non-hydrogen) atoms. The van der Waals surface area contributed by atoms with Crippen LogP contribution in [-0.4, -0.2) is 24.8 Å². The fraction of sp³-hybridized carbons (Fsp3) is 0.556. The zero-order valence-corrected chi connectivity index (χ0v) is 12.5. The van der Waals surface area contributed by atoms with E-state index in [2.05, 4.69) is 9.71 Å². The first kappa shape index (κ1) is 15.4. The lowest BCUT2D eigenvalue weighted by Gasteiger charge is -2.23. The number of rotatable bonds is 5. The van der Waals surface area contributed by atoms with Gasteiger partial charge in [0.05, 0.1) is 5.69 Å². The molecule has 0 unspecified atom stereocenters. The van der Waals surface area contributed by atoms with E-state index in [0.717, 1.165) is 11.3 Å². The summed E-state index contributed by atoms with van der Waals surface area (Å²) in [7, 11) is -3.76. The predicted molar refractivity (Wildman–Crippen MR) is 70.1 cm³/mol. The van der Waals surface area contributed by atoms with Crippen molar-refractivity contribution < 1.29 is 13.2 Å². The van der Waals surface area contributed by atoms with Crippen LogP contribution in [-0.2, 0) is 14.8 Å². The molecule has 0 spiro atoms. The van der Waals surface area contributed by atoms with Crippen molar-refractivity contribution in [2.24, 2.45) is 5.73 Å². The molecule has 0 aromatic carbocycles. The number of hydrogen-bond donors (Lipinski definition) is 2. The topological polar surface area (TPSA) is 102 Å². The molecule has 1 aromatic rings. The van der Waals surface area contributed by atoms with E-state index in [1.807, 2.05) is 0 Å². The van der Waals surface area contributed by atoms with Gasteiger partial charge in [-0.3, -0.25) is 4.79 Å². The Balaban J connectivity index is 3.02. The van der Waals surface area contributed by atoms with Gasteiger partial charge in [-0.05, 0) is 20.8 Å². The Kier molecular flexibility index (Phi) is 4.37. The number of nitrogens with one attached hydrogen (secondary N) is 1. The first-order chi connectivity index (χ1) is 8.03. The summed E-state index contributed by atoms with van der Waals surface area (Å²) in [6, 6.07) is 0. The smallest absolute Gasteiger partial charge is 0.252 e. The molecule has 1 heterocycles. The monoisotopic (exact) mass is 311 g/mol. The van der Waals surface area contributed by atoms with Crippen molar-refractivity contribution in [1.29, 1.82) is 0 Å². The highest BCUT2D eigenvalue weighted by atomic mass is 35.5. The molecular formula is C9H14ClN3O3S2. The molecule has 0 atom stereocenters. The van der Waals surface area contributed by atoms with Crippen LogP contribution in [0.25, 0.3) is 0 Å². The largest absolute Gasteiger partial charge is 0.370 e. The summed E-state index contributed by atoms with van der Waals surface area (Å²) in [5.41, 5.74) is 4.43. The highest BCUT2D eigenvalue weighted by molar-refractivity contribution is 7.91. The maximum Gasteiger partial charge on any atom is 0.252 e. The van der Waals surface area contributed by atoms with Crippen molar-refractivity contribution in [2.45, 2.75) is 36.9 Å². The molecule has 1 amide bonds. The second kappa shape index (κ2) is 5.12. The maximum absolute atomic E-state index is 12.1. The van der Waals surface area contributed by atoms with Gasteiger partial charge in [0, 0.05) is 12.0 Å². The molecule has 3 N–H and O–H groups in total. The summed E-state index contributed by atoms with van der Waals surface area (Å²) in [6.45, 7) is 4.71. The summed E-state index contributed by atoms with van der Waals surface area (Å²) in [6.07, 6.45) is -0.0994. The quantitative estimate of drug-likeness (QED) is 0.848. The first-order valence-corrected chi connectivity index (χ1v) is 7.66. The molecule has 9 heteroatoms. The Bertz CT molecular complexity index is 566. The van der Waals surface area contributed by atoms with Gasteiger partial charge in [-0.2, -0.15) is 0 Å². The fourth-order valence-corrected chi connectivity index (χ4v) is 4.63. The summed E-state index contributed by atoms with van der Waals surface area (Å²) in [5, 5.41) is 0. The van der Waals surface area contributed by atoms with Crippen molar-refractivity contribution in [3.63, 3.8) is 0 Å². The first-order valence-electron chi connectivity index (χ1n) is 4.99. The third-order valence-corrected chi connectivity index (χ3v) is 5.57. The van der Waals surface area contributed by atoms with Crippen LogP contribution in [0, 0.1) is 6.92 Å². The number of hydrogen-bond acceptors (Lipinski definition) is 5. The third-order valence-electron chi connectivity index (χ3n) is 2.00.